The molecule has 10 heteroatoms. The van der Waals surface area contributed by atoms with Crippen molar-refractivity contribution in [3.8, 4) is 17.6 Å². The summed E-state index contributed by atoms with van der Waals surface area (Å²) in [5.74, 6) is 1.46. The fourth-order valence-electron chi connectivity index (χ4n) is 3.93. The molecule has 1 aliphatic heterocycles. The molecule has 31 heavy (non-hydrogen) atoms. The van der Waals surface area contributed by atoms with Crippen LogP contribution in [-0.2, 0) is 10.2 Å². The molecule has 0 saturated carbocycles. The molecular weight excluding hydrogens is 418 g/mol. The average Bonchev–Trinajstić information content (AvgIpc) is 2.98. The number of aliphatic imine (C=N–C) groups is 1. The van der Waals surface area contributed by atoms with Gasteiger partial charge in [0.2, 0.25) is 0 Å². The lowest BCUT2D eigenvalue weighted by atomic mass is 9.97. The zero-order chi connectivity index (χ0) is 23.0. The van der Waals surface area contributed by atoms with Crippen LogP contribution in [0.2, 0.25) is 0 Å². The first-order valence-corrected chi connectivity index (χ1v) is 11.6. The number of methoxy groups -OCH3 is 2. The Kier molecular flexibility index (Phi) is 8.86. The first kappa shape index (κ1) is 24.7. The molecule has 0 radical (unpaired) electrons. The largest absolute Gasteiger partial charge is 0.493 e. The minimum absolute atomic E-state index is 0.323. The quantitative estimate of drug-likeness (QED) is 0.440. The minimum atomic E-state index is -3.67. The molecule has 1 aromatic rings. The first-order valence-electron chi connectivity index (χ1n) is 10.1. The third kappa shape index (κ3) is 6.69. The monoisotopic (exact) mass is 449 g/mol. The molecule has 1 heterocycles. The maximum Gasteiger partial charge on any atom is 0.274 e. The minimum Gasteiger partial charge on any atom is -0.493 e. The van der Waals surface area contributed by atoms with E-state index in [1.807, 2.05) is 6.07 Å². The highest BCUT2D eigenvalue weighted by molar-refractivity contribution is 7.87. The number of allylic oxidation sites excluding steroid dienone is 1. The third-order valence-electron chi connectivity index (χ3n) is 5.47. The lowest BCUT2D eigenvalue weighted by Gasteiger charge is -2.28. The van der Waals surface area contributed by atoms with Crippen LogP contribution in [-0.4, -0.2) is 53.9 Å². The summed E-state index contributed by atoms with van der Waals surface area (Å²) in [5, 5.41) is 14.7. The summed E-state index contributed by atoms with van der Waals surface area (Å²) in [6.07, 6.45) is 3.49. The van der Waals surface area contributed by atoms with Crippen molar-refractivity contribution in [2.75, 3.05) is 33.9 Å². The van der Waals surface area contributed by atoms with Gasteiger partial charge < -0.3 is 14.4 Å². The number of likely N-dealkylation sites (tertiary alicyclic amines) is 1. The number of benzene rings is 1. The zero-order valence-electron chi connectivity index (χ0n) is 18.3. The fourth-order valence-corrected chi connectivity index (χ4v) is 4.34. The molecule has 1 saturated heterocycles. The van der Waals surface area contributed by atoms with Gasteiger partial charge in [-0.05, 0) is 51.3 Å². The molecule has 0 bridgehead atoms. The smallest absolute Gasteiger partial charge is 0.274 e. The first-order chi connectivity index (χ1) is 14.7. The van der Waals surface area contributed by atoms with Gasteiger partial charge in [0, 0.05) is 31.3 Å². The Morgan fingerprint density at radius 2 is 2.00 bits per heavy atom. The van der Waals surface area contributed by atoms with Crippen LogP contribution in [0.5, 0.6) is 11.5 Å². The van der Waals surface area contributed by atoms with E-state index in [1.54, 1.807) is 27.2 Å². The van der Waals surface area contributed by atoms with Gasteiger partial charge in [-0.15, -0.1) is 0 Å². The molecule has 0 unspecified atom stereocenters. The van der Waals surface area contributed by atoms with Gasteiger partial charge in [-0.3, -0.25) is 4.99 Å². The van der Waals surface area contributed by atoms with Crippen LogP contribution in [0.15, 0.2) is 22.7 Å². The van der Waals surface area contributed by atoms with Crippen molar-refractivity contribution in [2.24, 2.45) is 16.0 Å². The molecule has 0 spiro atoms. The number of ether oxygens (including phenoxy) is 2. The van der Waals surface area contributed by atoms with E-state index in [9.17, 15) is 13.7 Å². The summed E-state index contributed by atoms with van der Waals surface area (Å²) >= 11 is 0. The van der Waals surface area contributed by atoms with Crippen molar-refractivity contribution in [3.05, 3.63) is 23.3 Å². The summed E-state index contributed by atoms with van der Waals surface area (Å²) in [6, 6.07) is 5.86. The Labute approximate surface area is 184 Å². The second kappa shape index (κ2) is 11.1. The fraction of sp³-hybridized carbons (Fsp3) is 0.524. The van der Waals surface area contributed by atoms with Crippen LogP contribution in [0.25, 0.3) is 5.70 Å². The highest BCUT2D eigenvalue weighted by atomic mass is 32.2. The molecule has 1 fully saturated rings. The van der Waals surface area contributed by atoms with E-state index < -0.39 is 10.2 Å². The lowest BCUT2D eigenvalue weighted by Crippen LogP contribution is -2.32. The van der Waals surface area contributed by atoms with Gasteiger partial charge in [0.1, 0.15) is 0 Å². The molecule has 3 N–H and O–H groups in total. The number of nitrogens with one attached hydrogen (secondary N) is 1. The van der Waals surface area contributed by atoms with E-state index in [2.05, 4.69) is 27.4 Å². The molecule has 1 aliphatic rings. The van der Waals surface area contributed by atoms with E-state index in [0.29, 0.717) is 35.2 Å². The molecule has 170 valence electrons. The van der Waals surface area contributed by atoms with E-state index in [4.69, 9.17) is 14.6 Å². The van der Waals surface area contributed by atoms with Crippen molar-refractivity contribution in [2.45, 2.75) is 32.6 Å². The molecule has 9 nitrogen and oxygen atoms in total. The maximum absolute atomic E-state index is 11.1. The second-order valence-electron chi connectivity index (χ2n) is 7.48. The van der Waals surface area contributed by atoms with Gasteiger partial charge >= 0.3 is 0 Å². The third-order valence-corrected chi connectivity index (χ3v) is 6.08. The van der Waals surface area contributed by atoms with Crippen molar-refractivity contribution < 1.29 is 17.9 Å². The summed E-state index contributed by atoms with van der Waals surface area (Å²) in [6.45, 7) is 7.31. The van der Waals surface area contributed by atoms with Crippen LogP contribution >= 0.6 is 0 Å². The van der Waals surface area contributed by atoms with Gasteiger partial charge in [-0.25, -0.2) is 9.86 Å². The van der Waals surface area contributed by atoms with Crippen molar-refractivity contribution in [1.82, 2.24) is 9.62 Å². The van der Waals surface area contributed by atoms with Crippen LogP contribution in [0.3, 0.4) is 0 Å². The van der Waals surface area contributed by atoms with Crippen LogP contribution in [0, 0.1) is 17.2 Å². The highest BCUT2D eigenvalue weighted by Crippen LogP contribution is 2.40. The Morgan fingerprint density at radius 1 is 1.32 bits per heavy atom. The summed E-state index contributed by atoms with van der Waals surface area (Å²) < 4.78 is 35.4. The predicted octanol–water partition coefficient (Wildman–Crippen LogP) is 2.58. The Balaban J connectivity index is 2.31. The number of nitrogens with zero attached hydrogens (tertiary/aromatic N) is 3. The Hall–Kier alpha value is -2.61. The maximum atomic E-state index is 11.1. The van der Waals surface area contributed by atoms with Crippen LogP contribution in [0.4, 0.5) is 5.69 Å². The second-order valence-corrected chi connectivity index (χ2v) is 8.86. The van der Waals surface area contributed by atoms with E-state index in [-0.39, 0.29) is 0 Å². The number of hydrogen-bond donors (Lipinski definition) is 2. The summed E-state index contributed by atoms with van der Waals surface area (Å²) in [4.78, 5) is 6.35. The lowest BCUT2D eigenvalue weighted by molar-refractivity contribution is 0.354. The molecule has 0 aromatic heterocycles. The number of rotatable bonds is 9. The highest BCUT2D eigenvalue weighted by Gasteiger charge is 2.24. The predicted molar refractivity (Wildman–Crippen MR) is 122 cm³/mol. The van der Waals surface area contributed by atoms with Gasteiger partial charge in [0.15, 0.2) is 11.5 Å². The van der Waals surface area contributed by atoms with Gasteiger partial charge in [-0.1, -0.05) is 0 Å². The number of nitrogens with two attached hydrogens (primary N) is 1. The van der Waals surface area contributed by atoms with Crippen LogP contribution < -0.4 is 19.3 Å². The molecule has 1 atom stereocenters. The Morgan fingerprint density at radius 3 is 2.58 bits per heavy atom. The Bertz CT molecular complexity index is 969. The molecule has 0 amide bonds. The topological polar surface area (TPSA) is 130 Å². The molecular formula is C21H31N5O4S. The standard InChI is InChI=1S/C21H31N5O4S/c1-15(14-22)21(17-12-19(29-3)20(30-4)13-18(17)24-2)26-10-5-6-16(8-11-26)7-9-25-31(23,27)28/h12-13,16,25H,2,5-11H2,1,3-4H3,(H2,23,27,28)/b21-15-/t16-/m0/s1. The van der Waals surface area contributed by atoms with E-state index >= 15 is 0 Å². The summed E-state index contributed by atoms with van der Waals surface area (Å²) in [7, 11) is -0.550. The van der Waals surface area contributed by atoms with Gasteiger partial charge in [-0.2, -0.15) is 13.7 Å². The number of nitriles is 1. The van der Waals surface area contributed by atoms with Crippen molar-refractivity contribution in [1.29, 1.82) is 5.26 Å². The van der Waals surface area contributed by atoms with E-state index in [0.717, 1.165) is 50.0 Å². The summed E-state index contributed by atoms with van der Waals surface area (Å²) in [5.41, 5.74) is 2.75. The molecule has 2 rings (SSSR count). The van der Waals surface area contributed by atoms with Crippen molar-refractivity contribution in [3.63, 3.8) is 0 Å². The van der Waals surface area contributed by atoms with Crippen molar-refractivity contribution >= 4 is 28.3 Å². The average molecular weight is 450 g/mol. The normalized spacial score (nSPS) is 17.9. The zero-order valence-corrected chi connectivity index (χ0v) is 19.2. The number of hydrogen-bond acceptors (Lipinski definition) is 7. The van der Waals surface area contributed by atoms with Gasteiger partial charge in [0.05, 0.1) is 37.2 Å². The SMILES string of the molecule is C=Nc1cc(OC)c(OC)cc1/C(=C(\C)C#N)N1CCC[C@@H](CCNS(N)(=O)=O)CC1. The van der Waals surface area contributed by atoms with Gasteiger partial charge in [0.25, 0.3) is 10.2 Å². The molecule has 0 aliphatic carbocycles. The van der Waals surface area contributed by atoms with E-state index in [1.165, 1.54) is 0 Å². The molecule has 1 aromatic carbocycles. The van der Waals surface area contributed by atoms with Crippen LogP contribution in [0.1, 0.15) is 38.2 Å².